The Labute approximate surface area is 118 Å². The van der Waals surface area contributed by atoms with E-state index in [0.717, 1.165) is 16.6 Å². The Balaban J connectivity index is 1.93. The van der Waals surface area contributed by atoms with Crippen LogP contribution in [-0.2, 0) is 4.79 Å². The lowest BCUT2D eigenvalue weighted by Crippen LogP contribution is -2.39. The SMILES string of the molecule is O=C(NC1CCCC(C(=O)O)C1)c1csc(Br)c1. The van der Waals surface area contributed by atoms with Gasteiger partial charge in [0.05, 0.1) is 15.3 Å². The fourth-order valence-electron chi connectivity index (χ4n) is 2.24. The van der Waals surface area contributed by atoms with E-state index in [1.54, 1.807) is 11.4 Å². The molecule has 2 rings (SSSR count). The van der Waals surface area contributed by atoms with E-state index in [1.807, 2.05) is 0 Å². The molecular formula is C12H14BrNO3S. The summed E-state index contributed by atoms with van der Waals surface area (Å²) in [6.45, 7) is 0. The van der Waals surface area contributed by atoms with Crippen LogP contribution in [0.3, 0.4) is 0 Å². The minimum atomic E-state index is -0.757. The minimum Gasteiger partial charge on any atom is -0.481 e. The fraction of sp³-hybridized carbons (Fsp3) is 0.500. The summed E-state index contributed by atoms with van der Waals surface area (Å²) in [5.74, 6) is -1.20. The van der Waals surface area contributed by atoms with E-state index in [4.69, 9.17) is 5.11 Å². The maximum atomic E-state index is 11.9. The average molecular weight is 332 g/mol. The van der Waals surface area contributed by atoms with Crippen LogP contribution in [0.2, 0.25) is 0 Å². The number of carbonyl (C=O) groups is 2. The summed E-state index contributed by atoms with van der Waals surface area (Å²) < 4.78 is 0.916. The summed E-state index contributed by atoms with van der Waals surface area (Å²) in [4.78, 5) is 22.9. The molecule has 1 amide bonds. The van der Waals surface area contributed by atoms with Crippen molar-refractivity contribution in [2.45, 2.75) is 31.7 Å². The summed E-state index contributed by atoms with van der Waals surface area (Å²) in [5, 5.41) is 13.7. The molecule has 1 fully saturated rings. The summed E-state index contributed by atoms with van der Waals surface area (Å²) in [5.41, 5.74) is 0.629. The Hall–Kier alpha value is -0.880. The van der Waals surface area contributed by atoms with Crippen LogP contribution in [0.1, 0.15) is 36.0 Å². The fourth-order valence-corrected chi connectivity index (χ4v) is 3.38. The van der Waals surface area contributed by atoms with E-state index < -0.39 is 5.97 Å². The topological polar surface area (TPSA) is 66.4 Å². The smallest absolute Gasteiger partial charge is 0.306 e. The van der Waals surface area contributed by atoms with Gasteiger partial charge in [0.2, 0.25) is 0 Å². The van der Waals surface area contributed by atoms with Crippen molar-refractivity contribution in [3.63, 3.8) is 0 Å². The number of carbonyl (C=O) groups excluding carboxylic acids is 1. The van der Waals surface area contributed by atoms with Crippen LogP contribution in [0.15, 0.2) is 15.2 Å². The quantitative estimate of drug-likeness (QED) is 0.894. The standard InChI is InChI=1S/C12H14BrNO3S/c13-10-5-8(6-18-10)11(15)14-9-3-1-2-7(4-9)12(16)17/h5-7,9H,1-4H2,(H,14,15)(H,16,17). The lowest BCUT2D eigenvalue weighted by atomic mass is 9.86. The number of halogens is 1. The molecular weight excluding hydrogens is 318 g/mol. The zero-order valence-electron chi connectivity index (χ0n) is 9.69. The van der Waals surface area contributed by atoms with Crippen LogP contribution >= 0.6 is 27.3 Å². The lowest BCUT2D eigenvalue weighted by Gasteiger charge is -2.27. The summed E-state index contributed by atoms with van der Waals surface area (Å²) in [6.07, 6.45) is 2.97. The highest BCUT2D eigenvalue weighted by Gasteiger charge is 2.28. The highest BCUT2D eigenvalue weighted by atomic mass is 79.9. The summed E-state index contributed by atoms with van der Waals surface area (Å²) >= 11 is 4.78. The summed E-state index contributed by atoms with van der Waals surface area (Å²) in [6, 6.07) is 1.75. The number of hydrogen-bond acceptors (Lipinski definition) is 3. The molecule has 1 saturated carbocycles. The number of hydrogen-bond donors (Lipinski definition) is 2. The number of nitrogens with one attached hydrogen (secondary N) is 1. The highest BCUT2D eigenvalue weighted by Crippen LogP contribution is 2.25. The minimum absolute atomic E-state index is 0.0222. The Kier molecular flexibility index (Phi) is 4.40. The molecule has 0 radical (unpaired) electrons. The molecule has 0 saturated heterocycles. The van der Waals surface area contributed by atoms with Crippen molar-refractivity contribution in [1.29, 1.82) is 0 Å². The van der Waals surface area contributed by atoms with E-state index in [2.05, 4.69) is 21.2 Å². The van der Waals surface area contributed by atoms with Crippen molar-refractivity contribution in [2.75, 3.05) is 0 Å². The molecule has 0 spiro atoms. The number of aliphatic carboxylic acids is 1. The van der Waals surface area contributed by atoms with Crippen LogP contribution in [0, 0.1) is 5.92 Å². The second-order valence-corrected chi connectivity index (χ2v) is 6.80. The van der Waals surface area contributed by atoms with Crippen molar-refractivity contribution in [3.05, 3.63) is 20.8 Å². The number of carboxylic acid groups (broad SMARTS) is 1. The van der Waals surface area contributed by atoms with Crippen LogP contribution < -0.4 is 5.32 Å². The van der Waals surface area contributed by atoms with Crippen molar-refractivity contribution in [2.24, 2.45) is 5.92 Å². The normalized spacial score (nSPS) is 23.6. The largest absolute Gasteiger partial charge is 0.481 e. The van der Waals surface area contributed by atoms with Crippen molar-refractivity contribution in [3.8, 4) is 0 Å². The van der Waals surface area contributed by atoms with Gasteiger partial charge in [-0.05, 0) is 41.3 Å². The number of thiophene rings is 1. The predicted molar refractivity (Wildman–Crippen MR) is 72.9 cm³/mol. The molecule has 1 heterocycles. The molecule has 1 aliphatic rings. The van der Waals surface area contributed by atoms with Crippen molar-refractivity contribution in [1.82, 2.24) is 5.32 Å². The van der Waals surface area contributed by atoms with E-state index in [0.29, 0.717) is 18.4 Å². The van der Waals surface area contributed by atoms with Crippen LogP contribution in [-0.4, -0.2) is 23.0 Å². The Morgan fingerprint density at radius 1 is 1.44 bits per heavy atom. The Morgan fingerprint density at radius 3 is 2.83 bits per heavy atom. The zero-order valence-corrected chi connectivity index (χ0v) is 12.1. The second-order valence-electron chi connectivity index (χ2n) is 4.51. The average Bonchev–Trinajstić information content (AvgIpc) is 2.76. The van der Waals surface area contributed by atoms with Gasteiger partial charge in [0.1, 0.15) is 0 Å². The number of carboxylic acids is 1. The first kappa shape index (κ1) is 13.5. The number of rotatable bonds is 3. The molecule has 4 nitrogen and oxygen atoms in total. The van der Waals surface area contributed by atoms with Crippen molar-refractivity contribution < 1.29 is 14.7 Å². The highest BCUT2D eigenvalue weighted by molar-refractivity contribution is 9.11. The van der Waals surface area contributed by atoms with Gasteiger partial charge in [-0.15, -0.1) is 11.3 Å². The predicted octanol–water partition coefficient (Wildman–Crippen LogP) is 2.88. The van der Waals surface area contributed by atoms with Gasteiger partial charge in [-0.3, -0.25) is 9.59 Å². The Bertz CT molecular complexity index is 460. The van der Waals surface area contributed by atoms with Crippen LogP contribution in [0.5, 0.6) is 0 Å². The monoisotopic (exact) mass is 331 g/mol. The molecule has 2 atom stereocenters. The van der Waals surface area contributed by atoms with Gasteiger partial charge >= 0.3 is 5.97 Å². The molecule has 98 valence electrons. The molecule has 0 bridgehead atoms. The molecule has 6 heteroatoms. The first-order valence-corrected chi connectivity index (χ1v) is 7.51. The van der Waals surface area contributed by atoms with Crippen LogP contribution in [0.25, 0.3) is 0 Å². The first-order chi connectivity index (χ1) is 8.56. The summed E-state index contributed by atoms with van der Waals surface area (Å²) in [7, 11) is 0. The van der Waals surface area contributed by atoms with E-state index in [9.17, 15) is 9.59 Å². The maximum Gasteiger partial charge on any atom is 0.306 e. The lowest BCUT2D eigenvalue weighted by molar-refractivity contribution is -0.143. The molecule has 0 aromatic carbocycles. The maximum absolute atomic E-state index is 11.9. The van der Waals surface area contributed by atoms with Gasteiger partial charge in [-0.2, -0.15) is 0 Å². The van der Waals surface area contributed by atoms with E-state index >= 15 is 0 Å². The van der Waals surface area contributed by atoms with Gasteiger partial charge in [-0.1, -0.05) is 6.42 Å². The third-order valence-electron chi connectivity index (χ3n) is 3.19. The van der Waals surface area contributed by atoms with Gasteiger partial charge in [0.15, 0.2) is 0 Å². The molecule has 18 heavy (non-hydrogen) atoms. The van der Waals surface area contributed by atoms with Gasteiger partial charge in [0, 0.05) is 11.4 Å². The van der Waals surface area contributed by atoms with E-state index in [-0.39, 0.29) is 17.9 Å². The third-order valence-corrected chi connectivity index (χ3v) is 4.69. The van der Waals surface area contributed by atoms with Gasteiger partial charge < -0.3 is 10.4 Å². The van der Waals surface area contributed by atoms with Crippen LogP contribution in [0.4, 0.5) is 0 Å². The van der Waals surface area contributed by atoms with Crippen molar-refractivity contribution >= 4 is 39.1 Å². The molecule has 1 aromatic rings. The second kappa shape index (κ2) is 5.84. The molecule has 2 N–H and O–H groups in total. The number of amides is 1. The molecule has 0 aliphatic heterocycles. The van der Waals surface area contributed by atoms with Gasteiger partial charge in [-0.25, -0.2) is 0 Å². The molecule has 2 unspecified atom stereocenters. The molecule has 1 aromatic heterocycles. The third kappa shape index (κ3) is 3.32. The zero-order chi connectivity index (χ0) is 13.1. The van der Waals surface area contributed by atoms with Gasteiger partial charge in [0.25, 0.3) is 5.91 Å². The van der Waals surface area contributed by atoms with E-state index in [1.165, 1.54) is 11.3 Å². The first-order valence-electron chi connectivity index (χ1n) is 5.84. The molecule has 1 aliphatic carbocycles. The Morgan fingerprint density at radius 2 is 2.22 bits per heavy atom.